The van der Waals surface area contributed by atoms with Crippen LogP contribution in [-0.2, 0) is 4.79 Å². The minimum absolute atomic E-state index is 0.0936. The monoisotopic (exact) mass is 294 g/mol. The molecule has 1 aliphatic rings. The number of carboxylic acids is 1. The standard InChI is InChI=1S/C12H11FN4O2S/c13-9-5-14-4-3-8(9)11-15-16-12(20-6-10(18)19)17(11)7-1-2-7/h3-5,7H,1-2,6H2,(H,18,19). The Morgan fingerprint density at radius 3 is 2.95 bits per heavy atom. The van der Waals surface area contributed by atoms with Gasteiger partial charge in [-0.25, -0.2) is 4.39 Å². The highest BCUT2D eigenvalue weighted by molar-refractivity contribution is 7.99. The minimum Gasteiger partial charge on any atom is -0.481 e. The Hall–Kier alpha value is -1.96. The summed E-state index contributed by atoms with van der Waals surface area (Å²) in [6, 6.07) is 1.77. The van der Waals surface area contributed by atoms with Crippen molar-refractivity contribution < 1.29 is 14.3 Å². The van der Waals surface area contributed by atoms with Gasteiger partial charge < -0.3 is 5.11 Å². The van der Waals surface area contributed by atoms with E-state index in [9.17, 15) is 9.18 Å². The van der Waals surface area contributed by atoms with Gasteiger partial charge in [0.25, 0.3) is 0 Å². The number of carbonyl (C=O) groups is 1. The summed E-state index contributed by atoms with van der Waals surface area (Å²) in [5, 5.41) is 17.3. The lowest BCUT2D eigenvalue weighted by Gasteiger charge is -2.08. The van der Waals surface area contributed by atoms with Crippen LogP contribution in [-0.4, -0.2) is 36.6 Å². The normalized spacial score (nSPS) is 14.4. The molecule has 2 aromatic rings. The third kappa shape index (κ3) is 2.51. The van der Waals surface area contributed by atoms with Crippen LogP contribution in [0.3, 0.4) is 0 Å². The van der Waals surface area contributed by atoms with Gasteiger partial charge in [0, 0.05) is 12.2 Å². The second-order valence-electron chi connectivity index (χ2n) is 4.45. The molecule has 104 valence electrons. The van der Waals surface area contributed by atoms with Crippen LogP contribution in [0.5, 0.6) is 0 Å². The first-order chi connectivity index (χ1) is 9.66. The van der Waals surface area contributed by atoms with Crippen LogP contribution in [0.1, 0.15) is 18.9 Å². The largest absolute Gasteiger partial charge is 0.481 e. The first-order valence-corrected chi connectivity index (χ1v) is 7.04. The topological polar surface area (TPSA) is 80.9 Å². The lowest BCUT2D eigenvalue weighted by atomic mass is 10.2. The zero-order valence-electron chi connectivity index (χ0n) is 10.4. The summed E-state index contributed by atoms with van der Waals surface area (Å²) < 4.78 is 15.6. The predicted octanol–water partition coefficient (Wildman–Crippen LogP) is 1.99. The number of thioether (sulfide) groups is 1. The number of aliphatic carboxylic acids is 1. The van der Waals surface area contributed by atoms with Gasteiger partial charge in [-0.3, -0.25) is 14.3 Å². The van der Waals surface area contributed by atoms with E-state index in [2.05, 4.69) is 15.2 Å². The summed E-state index contributed by atoms with van der Waals surface area (Å²) in [4.78, 5) is 14.4. The molecule has 0 bridgehead atoms. The van der Waals surface area contributed by atoms with E-state index in [4.69, 9.17) is 5.11 Å². The highest BCUT2D eigenvalue weighted by Crippen LogP contribution is 2.41. The molecule has 3 rings (SSSR count). The molecule has 8 heteroatoms. The van der Waals surface area contributed by atoms with Crippen molar-refractivity contribution in [3.63, 3.8) is 0 Å². The summed E-state index contributed by atoms with van der Waals surface area (Å²) in [5.74, 6) is -1.04. The van der Waals surface area contributed by atoms with E-state index in [1.54, 1.807) is 6.07 Å². The maximum Gasteiger partial charge on any atom is 0.313 e. The van der Waals surface area contributed by atoms with Gasteiger partial charge in [0.15, 0.2) is 16.8 Å². The maximum atomic E-state index is 13.8. The van der Waals surface area contributed by atoms with E-state index < -0.39 is 11.8 Å². The Kier molecular flexibility index (Phi) is 3.39. The maximum absolute atomic E-state index is 13.8. The molecule has 0 aliphatic heterocycles. The van der Waals surface area contributed by atoms with Crippen molar-refractivity contribution in [1.82, 2.24) is 19.7 Å². The summed E-state index contributed by atoms with van der Waals surface area (Å²) in [5.41, 5.74) is 0.335. The van der Waals surface area contributed by atoms with Crippen LogP contribution in [0.25, 0.3) is 11.4 Å². The fourth-order valence-corrected chi connectivity index (χ4v) is 2.63. The third-order valence-electron chi connectivity index (χ3n) is 2.91. The number of aromatic nitrogens is 4. The number of pyridine rings is 1. The smallest absolute Gasteiger partial charge is 0.313 e. The number of nitrogens with zero attached hydrogens (tertiary/aromatic N) is 4. The van der Waals surface area contributed by atoms with Crippen LogP contribution in [0.4, 0.5) is 4.39 Å². The molecule has 0 atom stereocenters. The average Bonchev–Trinajstić information content (AvgIpc) is 3.17. The summed E-state index contributed by atoms with van der Waals surface area (Å²) >= 11 is 1.10. The molecule has 1 fully saturated rings. The summed E-state index contributed by atoms with van der Waals surface area (Å²) in [6.45, 7) is 0. The van der Waals surface area contributed by atoms with Crippen LogP contribution in [0.15, 0.2) is 23.6 Å². The molecule has 0 radical (unpaired) electrons. The van der Waals surface area contributed by atoms with Crippen molar-refractivity contribution in [3.05, 3.63) is 24.3 Å². The number of hydrogen-bond acceptors (Lipinski definition) is 5. The van der Waals surface area contributed by atoms with Gasteiger partial charge >= 0.3 is 5.97 Å². The minimum atomic E-state index is -0.919. The predicted molar refractivity (Wildman–Crippen MR) is 69.8 cm³/mol. The molecule has 2 heterocycles. The van der Waals surface area contributed by atoms with E-state index in [0.29, 0.717) is 16.5 Å². The SMILES string of the molecule is O=C(O)CSc1nnc(-c2ccncc2F)n1C1CC1. The molecule has 2 aromatic heterocycles. The van der Waals surface area contributed by atoms with Crippen LogP contribution < -0.4 is 0 Å². The van der Waals surface area contributed by atoms with Crippen molar-refractivity contribution in [1.29, 1.82) is 0 Å². The highest BCUT2D eigenvalue weighted by Gasteiger charge is 2.31. The van der Waals surface area contributed by atoms with Gasteiger partial charge in [-0.05, 0) is 18.9 Å². The van der Waals surface area contributed by atoms with Crippen LogP contribution in [0.2, 0.25) is 0 Å². The molecular formula is C12H11FN4O2S. The third-order valence-corrected chi connectivity index (χ3v) is 3.84. The van der Waals surface area contributed by atoms with Crippen molar-refractivity contribution >= 4 is 17.7 Å². The molecule has 0 saturated heterocycles. The van der Waals surface area contributed by atoms with Crippen LogP contribution in [0, 0.1) is 5.82 Å². The molecule has 1 saturated carbocycles. The number of carboxylic acid groups (broad SMARTS) is 1. The Balaban J connectivity index is 1.99. The second-order valence-corrected chi connectivity index (χ2v) is 5.39. The quantitative estimate of drug-likeness (QED) is 0.849. The summed E-state index contributed by atoms with van der Waals surface area (Å²) in [6.07, 6.45) is 4.57. The lowest BCUT2D eigenvalue weighted by molar-refractivity contribution is -0.133. The van der Waals surface area contributed by atoms with Crippen molar-refractivity contribution in [2.45, 2.75) is 24.0 Å². The number of hydrogen-bond donors (Lipinski definition) is 1. The average molecular weight is 294 g/mol. The van der Waals surface area contributed by atoms with Gasteiger partial charge in [-0.2, -0.15) is 0 Å². The molecule has 0 unspecified atom stereocenters. The highest BCUT2D eigenvalue weighted by atomic mass is 32.2. The fourth-order valence-electron chi connectivity index (χ4n) is 1.90. The Labute approximate surface area is 118 Å². The zero-order chi connectivity index (χ0) is 14.1. The van der Waals surface area contributed by atoms with Gasteiger partial charge in [0.2, 0.25) is 0 Å². The van der Waals surface area contributed by atoms with E-state index in [-0.39, 0.29) is 11.8 Å². The van der Waals surface area contributed by atoms with Gasteiger partial charge in [0.05, 0.1) is 17.5 Å². The van der Waals surface area contributed by atoms with Crippen molar-refractivity contribution in [2.75, 3.05) is 5.75 Å². The lowest BCUT2D eigenvalue weighted by Crippen LogP contribution is -2.04. The van der Waals surface area contributed by atoms with Gasteiger partial charge in [-0.1, -0.05) is 11.8 Å². The number of halogens is 1. The van der Waals surface area contributed by atoms with Crippen LogP contribution >= 0.6 is 11.8 Å². The fraction of sp³-hybridized carbons (Fsp3) is 0.333. The van der Waals surface area contributed by atoms with E-state index in [1.165, 1.54) is 6.20 Å². The molecule has 0 aromatic carbocycles. The second kappa shape index (κ2) is 5.20. The zero-order valence-corrected chi connectivity index (χ0v) is 11.2. The molecule has 20 heavy (non-hydrogen) atoms. The first-order valence-electron chi connectivity index (χ1n) is 6.06. The Morgan fingerprint density at radius 2 is 2.30 bits per heavy atom. The molecule has 0 amide bonds. The van der Waals surface area contributed by atoms with Gasteiger partial charge in [0.1, 0.15) is 0 Å². The molecule has 1 N–H and O–H groups in total. The molecule has 6 nitrogen and oxygen atoms in total. The Bertz CT molecular complexity index is 657. The Morgan fingerprint density at radius 1 is 1.50 bits per heavy atom. The van der Waals surface area contributed by atoms with E-state index >= 15 is 0 Å². The number of rotatable bonds is 5. The summed E-state index contributed by atoms with van der Waals surface area (Å²) in [7, 11) is 0. The molecule has 0 spiro atoms. The van der Waals surface area contributed by atoms with Gasteiger partial charge in [-0.15, -0.1) is 10.2 Å². The first kappa shape index (κ1) is 13.0. The molecular weight excluding hydrogens is 283 g/mol. The van der Waals surface area contributed by atoms with Crippen molar-refractivity contribution in [3.8, 4) is 11.4 Å². The van der Waals surface area contributed by atoms with E-state index in [0.717, 1.165) is 30.8 Å². The van der Waals surface area contributed by atoms with Crippen molar-refractivity contribution in [2.24, 2.45) is 0 Å². The molecule has 1 aliphatic carbocycles. The van der Waals surface area contributed by atoms with E-state index in [1.807, 2.05) is 4.57 Å².